The molecule has 1 atom stereocenters. The SMILES string of the molecule is C[C@@H](CO)N1CCC2(CC1)C(=O)N(Cc1ccc3ccccc3c1)C(=O)N2C. The number of piperidine rings is 1. The number of hydrogen-bond acceptors (Lipinski definition) is 4. The Bertz CT molecular complexity index is 905. The molecule has 148 valence electrons. The molecule has 1 spiro atoms. The Kier molecular flexibility index (Phi) is 4.85. The Morgan fingerprint density at radius 2 is 1.75 bits per heavy atom. The van der Waals surface area contributed by atoms with E-state index in [0.29, 0.717) is 32.5 Å². The van der Waals surface area contributed by atoms with Crippen molar-refractivity contribution in [2.24, 2.45) is 0 Å². The van der Waals surface area contributed by atoms with Crippen molar-refractivity contribution in [1.82, 2.24) is 14.7 Å². The van der Waals surface area contributed by atoms with Crippen molar-refractivity contribution in [3.05, 3.63) is 48.0 Å². The lowest BCUT2D eigenvalue weighted by molar-refractivity contribution is -0.136. The first-order chi connectivity index (χ1) is 13.5. The van der Waals surface area contributed by atoms with Gasteiger partial charge < -0.3 is 10.0 Å². The first kappa shape index (κ1) is 18.9. The van der Waals surface area contributed by atoms with Crippen LogP contribution in [0, 0.1) is 0 Å². The molecule has 0 saturated carbocycles. The minimum absolute atomic E-state index is 0.0727. The number of nitrogens with zero attached hydrogens (tertiary/aromatic N) is 3. The number of aliphatic hydroxyl groups excluding tert-OH is 1. The Balaban J connectivity index is 1.54. The number of hydrogen-bond donors (Lipinski definition) is 1. The van der Waals surface area contributed by atoms with E-state index in [2.05, 4.69) is 11.0 Å². The van der Waals surface area contributed by atoms with Gasteiger partial charge in [0.15, 0.2) is 0 Å². The molecule has 0 unspecified atom stereocenters. The Morgan fingerprint density at radius 1 is 1.07 bits per heavy atom. The second kappa shape index (κ2) is 7.18. The van der Waals surface area contributed by atoms with Crippen LogP contribution in [0.5, 0.6) is 0 Å². The lowest BCUT2D eigenvalue weighted by atomic mass is 9.85. The molecule has 2 saturated heterocycles. The molecule has 2 aliphatic heterocycles. The van der Waals surface area contributed by atoms with Crippen LogP contribution in [0.3, 0.4) is 0 Å². The van der Waals surface area contributed by atoms with E-state index in [4.69, 9.17) is 0 Å². The molecule has 6 nitrogen and oxygen atoms in total. The number of amides is 3. The fourth-order valence-corrected chi connectivity index (χ4v) is 4.50. The van der Waals surface area contributed by atoms with Crippen LogP contribution < -0.4 is 0 Å². The summed E-state index contributed by atoms with van der Waals surface area (Å²) in [6.07, 6.45) is 1.21. The average Bonchev–Trinajstić information content (AvgIpc) is 2.90. The second-order valence-corrected chi connectivity index (χ2v) is 8.01. The van der Waals surface area contributed by atoms with Crippen molar-refractivity contribution >= 4 is 22.7 Å². The number of likely N-dealkylation sites (N-methyl/N-ethyl adjacent to an activating group) is 1. The molecule has 2 aromatic rings. The number of fused-ring (bicyclic) bond motifs is 1. The van der Waals surface area contributed by atoms with Crippen LogP contribution in [0.25, 0.3) is 10.8 Å². The van der Waals surface area contributed by atoms with Gasteiger partial charge in [0.2, 0.25) is 0 Å². The highest BCUT2D eigenvalue weighted by Gasteiger charge is 2.56. The van der Waals surface area contributed by atoms with Gasteiger partial charge in [-0.1, -0.05) is 36.4 Å². The Morgan fingerprint density at radius 3 is 2.43 bits per heavy atom. The van der Waals surface area contributed by atoms with Crippen molar-refractivity contribution in [1.29, 1.82) is 0 Å². The van der Waals surface area contributed by atoms with E-state index in [1.807, 2.05) is 43.3 Å². The summed E-state index contributed by atoms with van der Waals surface area (Å²) in [7, 11) is 1.74. The van der Waals surface area contributed by atoms with Crippen molar-refractivity contribution in [2.45, 2.75) is 37.9 Å². The molecule has 0 radical (unpaired) electrons. The highest BCUT2D eigenvalue weighted by molar-refractivity contribution is 6.07. The molecule has 0 aromatic heterocycles. The molecule has 6 heteroatoms. The zero-order chi connectivity index (χ0) is 19.9. The number of aliphatic hydroxyl groups is 1. The molecule has 4 rings (SSSR count). The third-order valence-electron chi connectivity index (χ3n) is 6.47. The van der Waals surface area contributed by atoms with Crippen LogP contribution in [0.1, 0.15) is 25.3 Å². The molecule has 28 heavy (non-hydrogen) atoms. The summed E-state index contributed by atoms with van der Waals surface area (Å²) in [6.45, 7) is 3.79. The number of urea groups is 1. The summed E-state index contributed by atoms with van der Waals surface area (Å²) in [5.74, 6) is -0.0931. The summed E-state index contributed by atoms with van der Waals surface area (Å²) in [6, 6.07) is 14.0. The number of likely N-dealkylation sites (tertiary alicyclic amines) is 1. The first-order valence-corrected chi connectivity index (χ1v) is 9.88. The van der Waals surface area contributed by atoms with Crippen LogP contribution in [0.4, 0.5) is 4.79 Å². The number of carbonyl (C=O) groups excluding carboxylic acids is 2. The predicted molar refractivity (Wildman–Crippen MR) is 108 cm³/mol. The highest BCUT2D eigenvalue weighted by Crippen LogP contribution is 2.37. The Labute approximate surface area is 165 Å². The molecular weight excluding hydrogens is 354 g/mol. The molecular formula is C22H27N3O3. The van der Waals surface area contributed by atoms with Crippen molar-refractivity contribution in [2.75, 3.05) is 26.7 Å². The zero-order valence-corrected chi connectivity index (χ0v) is 16.5. The van der Waals surface area contributed by atoms with Gasteiger partial charge in [0.1, 0.15) is 5.54 Å². The van der Waals surface area contributed by atoms with Gasteiger partial charge in [-0.3, -0.25) is 14.6 Å². The van der Waals surface area contributed by atoms with Gasteiger partial charge in [0, 0.05) is 26.2 Å². The summed E-state index contributed by atoms with van der Waals surface area (Å²) in [4.78, 5) is 31.4. The third kappa shape index (κ3) is 2.97. The maximum atomic E-state index is 13.3. The topological polar surface area (TPSA) is 64.1 Å². The number of imide groups is 1. The zero-order valence-electron chi connectivity index (χ0n) is 16.5. The standard InChI is InChI=1S/C22H27N3O3/c1-16(15-26)24-11-9-22(10-12-24)20(27)25(21(28)23(22)2)14-17-7-8-18-5-3-4-6-19(18)13-17/h3-8,13,16,26H,9-12,14-15H2,1-2H3/t16-/m0/s1. The van der Waals surface area contributed by atoms with Crippen LogP contribution in [-0.4, -0.2) is 70.1 Å². The predicted octanol–water partition coefficient (Wildman–Crippen LogP) is 2.45. The fourth-order valence-electron chi connectivity index (χ4n) is 4.50. The van der Waals surface area contributed by atoms with Crippen molar-refractivity contribution in [3.63, 3.8) is 0 Å². The van der Waals surface area contributed by atoms with E-state index in [1.165, 1.54) is 4.90 Å². The van der Waals surface area contributed by atoms with Gasteiger partial charge in [-0.2, -0.15) is 0 Å². The fraction of sp³-hybridized carbons (Fsp3) is 0.455. The van der Waals surface area contributed by atoms with E-state index in [9.17, 15) is 14.7 Å². The minimum Gasteiger partial charge on any atom is -0.395 e. The molecule has 1 N–H and O–H groups in total. The van der Waals surface area contributed by atoms with E-state index in [1.54, 1.807) is 11.9 Å². The van der Waals surface area contributed by atoms with Gasteiger partial charge in [-0.05, 0) is 42.2 Å². The maximum Gasteiger partial charge on any atom is 0.327 e. The summed E-state index contributed by atoms with van der Waals surface area (Å²) >= 11 is 0. The van der Waals surface area contributed by atoms with E-state index >= 15 is 0 Å². The summed E-state index contributed by atoms with van der Waals surface area (Å²) < 4.78 is 0. The largest absolute Gasteiger partial charge is 0.395 e. The normalized spacial score (nSPS) is 21.1. The van der Waals surface area contributed by atoms with Crippen molar-refractivity contribution in [3.8, 4) is 0 Å². The molecule has 2 aromatic carbocycles. The number of carbonyl (C=O) groups is 2. The smallest absolute Gasteiger partial charge is 0.327 e. The van der Waals surface area contributed by atoms with Crippen molar-refractivity contribution < 1.29 is 14.7 Å². The highest BCUT2D eigenvalue weighted by atomic mass is 16.3. The summed E-state index contributed by atoms with van der Waals surface area (Å²) in [5.41, 5.74) is 0.205. The van der Waals surface area contributed by atoms with E-state index < -0.39 is 5.54 Å². The Hall–Kier alpha value is -2.44. The summed E-state index contributed by atoms with van der Waals surface area (Å²) in [5, 5.41) is 11.6. The van der Waals surface area contributed by atoms with Crippen LogP contribution >= 0.6 is 0 Å². The molecule has 0 bridgehead atoms. The molecule has 3 amide bonds. The second-order valence-electron chi connectivity index (χ2n) is 8.01. The van der Waals surface area contributed by atoms with Crippen LogP contribution in [0.2, 0.25) is 0 Å². The lowest BCUT2D eigenvalue weighted by Crippen LogP contribution is -2.57. The number of rotatable bonds is 4. The maximum absolute atomic E-state index is 13.3. The first-order valence-electron chi connectivity index (χ1n) is 9.88. The molecule has 2 aliphatic rings. The van der Waals surface area contributed by atoms with Gasteiger partial charge in [-0.15, -0.1) is 0 Å². The monoisotopic (exact) mass is 381 g/mol. The average molecular weight is 381 g/mol. The quantitative estimate of drug-likeness (QED) is 0.827. The molecule has 2 fully saturated rings. The molecule has 2 heterocycles. The van der Waals surface area contributed by atoms with Gasteiger partial charge in [0.25, 0.3) is 5.91 Å². The van der Waals surface area contributed by atoms with Gasteiger partial charge in [-0.25, -0.2) is 4.79 Å². The van der Waals surface area contributed by atoms with Crippen LogP contribution in [-0.2, 0) is 11.3 Å². The third-order valence-corrected chi connectivity index (χ3v) is 6.47. The van der Waals surface area contributed by atoms with Gasteiger partial charge >= 0.3 is 6.03 Å². The van der Waals surface area contributed by atoms with Gasteiger partial charge in [0.05, 0.1) is 13.2 Å². The molecule has 0 aliphatic carbocycles. The van der Waals surface area contributed by atoms with E-state index in [-0.39, 0.29) is 24.6 Å². The minimum atomic E-state index is -0.750. The van der Waals surface area contributed by atoms with E-state index in [0.717, 1.165) is 16.3 Å². The van der Waals surface area contributed by atoms with Crippen LogP contribution in [0.15, 0.2) is 42.5 Å². The lowest BCUT2D eigenvalue weighted by Gasteiger charge is -2.42. The number of benzene rings is 2.